The van der Waals surface area contributed by atoms with Crippen LogP contribution in [0.25, 0.3) is 10.9 Å². The Morgan fingerprint density at radius 1 is 1.13 bits per heavy atom. The third-order valence-electron chi connectivity index (χ3n) is 3.53. The van der Waals surface area contributed by atoms with Gasteiger partial charge in [0.05, 0.1) is 10.7 Å². The van der Waals surface area contributed by atoms with E-state index in [2.05, 4.69) is 27.8 Å². The average molecular weight is 364 g/mol. The summed E-state index contributed by atoms with van der Waals surface area (Å²) in [5.41, 5.74) is 3.15. The Kier molecular flexibility index (Phi) is 5.06. The normalized spacial score (nSPS) is 10.7. The fraction of sp³-hybridized carbons (Fsp3) is 0.118. The molecule has 0 fully saturated rings. The lowest BCUT2D eigenvalue weighted by Gasteiger charge is -2.11. The van der Waals surface area contributed by atoms with Gasteiger partial charge in [0, 0.05) is 28.7 Å². The maximum absolute atomic E-state index is 6.12. The van der Waals surface area contributed by atoms with Gasteiger partial charge in [0.25, 0.3) is 0 Å². The number of hydrogen-bond donors (Lipinski definition) is 3. The molecule has 0 bridgehead atoms. The summed E-state index contributed by atoms with van der Waals surface area (Å²) >= 11 is 17.3. The fourth-order valence-electron chi connectivity index (χ4n) is 2.41. The first-order chi connectivity index (χ1) is 11.1. The molecule has 0 amide bonds. The summed E-state index contributed by atoms with van der Waals surface area (Å²) in [4.78, 5) is 3.27. The Bertz CT molecular complexity index is 845. The maximum Gasteiger partial charge on any atom is 0.170 e. The maximum atomic E-state index is 6.12. The molecule has 1 aromatic heterocycles. The van der Waals surface area contributed by atoms with Crippen LogP contribution in [0.1, 0.15) is 5.56 Å². The van der Waals surface area contributed by atoms with E-state index in [0.717, 1.165) is 24.2 Å². The van der Waals surface area contributed by atoms with Gasteiger partial charge in [-0.15, -0.1) is 0 Å². The van der Waals surface area contributed by atoms with E-state index < -0.39 is 0 Å². The predicted molar refractivity (Wildman–Crippen MR) is 103 cm³/mol. The fourth-order valence-corrected chi connectivity index (χ4v) is 3.07. The molecule has 23 heavy (non-hydrogen) atoms. The minimum Gasteiger partial charge on any atom is -0.362 e. The first-order valence-corrected chi connectivity index (χ1v) is 8.35. The number of fused-ring (bicyclic) bond motifs is 1. The van der Waals surface area contributed by atoms with Gasteiger partial charge >= 0.3 is 0 Å². The SMILES string of the molecule is S=C(NCCc1c[nH]c2ccccc12)Nc1ccc(Cl)cc1Cl. The number of aromatic nitrogens is 1. The average Bonchev–Trinajstić information content (AvgIpc) is 2.94. The standard InChI is InChI=1S/C17H15Cl2N3S/c18-12-5-6-16(14(19)9-12)22-17(23)20-8-7-11-10-21-15-4-2-1-3-13(11)15/h1-6,9-10,21H,7-8H2,(H2,20,22,23). The van der Waals surface area contributed by atoms with Crippen LogP contribution in [-0.4, -0.2) is 16.6 Å². The highest BCUT2D eigenvalue weighted by molar-refractivity contribution is 7.80. The molecule has 0 aliphatic carbocycles. The molecule has 0 aliphatic heterocycles. The van der Waals surface area contributed by atoms with Crippen LogP contribution in [0.2, 0.25) is 10.0 Å². The number of aromatic amines is 1. The molecule has 3 aromatic rings. The number of rotatable bonds is 4. The first-order valence-electron chi connectivity index (χ1n) is 7.18. The van der Waals surface area contributed by atoms with Crippen LogP contribution < -0.4 is 10.6 Å². The topological polar surface area (TPSA) is 39.9 Å². The second-order valence-corrected chi connectivity index (χ2v) is 6.37. The summed E-state index contributed by atoms with van der Waals surface area (Å²) in [5.74, 6) is 0. The molecule has 2 aromatic carbocycles. The molecule has 0 spiro atoms. The Labute approximate surface area is 150 Å². The number of H-pyrrole nitrogens is 1. The molecule has 0 saturated carbocycles. The summed E-state index contributed by atoms with van der Waals surface area (Å²) < 4.78 is 0. The number of thiocarbonyl (C=S) groups is 1. The highest BCUT2D eigenvalue weighted by Gasteiger charge is 2.05. The third-order valence-corrected chi connectivity index (χ3v) is 4.33. The van der Waals surface area contributed by atoms with Gasteiger partial charge in [-0.25, -0.2) is 0 Å². The van der Waals surface area contributed by atoms with E-state index in [1.165, 1.54) is 10.9 Å². The molecule has 6 heteroatoms. The number of halogens is 2. The second kappa shape index (κ2) is 7.21. The molecule has 0 atom stereocenters. The molecule has 0 radical (unpaired) electrons. The summed E-state index contributed by atoms with van der Waals surface area (Å²) in [6.45, 7) is 0.735. The van der Waals surface area contributed by atoms with Crippen LogP contribution in [0.15, 0.2) is 48.7 Å². The van der Waals surface area contributed by atoms with Crippen LogP contribution >= 0.6 is 35.4 Å². The van der Waals surface area contributed by atoms with Crippen LogP contribution in [-0.2, 0) is 6.42 Å². The molecular weight excluding hydrogens is 349 g/mol. The van der Waals surface area contributed by atoms with Crippen molar-refractivity contribution < 1.29 is 0 Å². The Morgan fingerprint density at radius 3 is 2.78 bits per heavy atom. The van der Waals surface area contributed by atoms with E-state index >= 15 is 0 Å². The number of benzene rings is 2. The Balaban J connectivity index is 1.55. The minimum absolute atomic E-state index is 0.536. The minimum atomic E-state index is 0.536. The van der Waals surface area contributed by atoms with Gasteiger partial charge in [0.1, 0.15) is 0 Å². The zero-order valence-electron chi connectivity index (χ0n) is 12.2. The van der Waals surface area contributed by atoms with Gasteiger partial charge in [0.15, 0.2) is 5.11 Å². The molecular formula is C17H15Cl2N3S. The summed E-state index contributed by atoms with van der Waals surface area (Å²) in [6, 6.07) is 13.5. The molecule has 118 valence electrons. The van der Waals surface area contributed by atoms with Crippen molar-refractivity contribution in [2.45, 2.75) is 6.42 Å². The lowest BCUT2D eigenvalue weighted by atomic mass is 10.1. The van der Waals surface area contributed by atoms with E-state index in [9.17, 15) is 0 Å². The van der Waals surface area contributed by atoms with Crippen LogP contribution in [0, 0.1) is 0 Å². The van der Waals surface area contributed by atoms with E-state index in [1.807, 2.05) is 18.3 Å². The summed E-state index contributed by atoms with van der Waals surface area (Å²) in [5, 5.41) is 9.18. The van der Waals surface area contributed by atoms with Crippen molar-refractivity contribution in [3.63, 3.8) is 0 Å². The molecule has 0 unspecified atom stereocenters. The van der Waals surface area contributed by atoms with Gasteiger partial charge in [-0.2, -0.15) is 0 Å². The van der Waals surface area contributed by atoms with Gasteiger partial charge < -0.3 is 15.6 Å². The van der Waals surface area contributed by atoms with E-state index in [-0.39, 0.29) is 0 Å². The third kappa shape index (κ3) is 3.96. The molecule has 0 saturated heterocycles. The van der Waals surface area contributed by atoms with Crippen molar-refractivity contribution in [3.05, 3.63) is 64.3 Å². The van der Waals surface area contributed by atoms with E-state index in [0.29, 0.717) is 15.2 Å². The highest BCUT2D eigenvalue weighted by Crippen LogP contribution is 2.25. The zero-order chi connectivity index (χ0) is 16.2. The lowest BCUT2D eigenvalue weighted by molar-refractivity contribution is 0.878. The van der Waals surface area contributed by atoms with Gasteiger partial charge in [-0.05, 0) is 48.5 Å². The number of hydrogen-bond acceptors (Lipinski definition) is 1. The summed E-state index contributed by atoms with van der Waals surface area (Å²) in [7, 11) is 0. The zero-order valence-corrected chi connectivity index (χ0v) is 14.5. The first kappa shape index (κ1) is 16.1. The largest absolute Gasteiger partial charge is 0.362 e. The molecule has 1 heterocycles. The number of para-hydroxylation sites is 1. The van der Waals surface area contributed by atoms with E-state index in [4.69, 9.17) is 35.4 Å². The lowest BCUT2D eigenvalue weighted by Crippen LogP contribution is -2.30. The predicted octanol–water partition coefficient (Wildman–Crippen LogP) is 5.00. The number of anilines is 1. The van der Waals surface area contributed by atoms with Crippen molar-refractivity contribution in [1.29, 1.82) is 0 Å². The molecule has 3 N–H and O–H groups in total. The molecule has 0 aliphatic rings. The van der Waals surface area contributed by atoms with Crippen molar-refractivity contribution >= 4 is 57.1 Å². The van der Waals surface area contributed by atoms with Gasteiger partial charge in [-0.3, -0.25) is 0 Å². The Hall–Kier alpha value is -1.75. The smallest absolute Gasteiger partial charge is 0.170 e. The second-order valence-electron chi connectivity index (χ2n) is 5.11. The highest BCUT2D eigenvalue weighted by atomic mass is 35.5. The molecule has 3 rings (SSSR count). The van der Waals surface area contributed by atoms with Crippen LogP contribution in [0.4, 0.5) is 5.69 Å². The van der Waals surface area contributed by atoms with Gasteiger partial charge in [0.2, 0.25) is 0 Å². The van der Waals surface area contributed by atoms with Crippen LogP contribution in [0.5, 0.6) is 0 Å². The Morgan fingerprint density at radius 2 is 1.96 bits per heavy atom. The van der Waals surface area contributed by atoms with Crippen molar-refractivity contribution in [2.75, 3.05) is 11.9 Å². The van der Waals surface area contributed by atoms with Crippen LogP contribution in [0.3, 0.4) is 0 Å². The van der Waals surface area contributed by atoms with Crippen molar-refractivity contribution in [2.24, 2.45) is 0 Å². The van der Waals surface area contributed by atoms with Crippen molar-refractivity contribution in [3.8, 4) is 0 Å². The van der Waals surface area contributed by atoms with Crippen molar-refractivity contribution in [1.82, 2.24) is 10.3 Å². The quantitative estimate of drug-likeness (QED) is 0.571. The molecule has 3 nitrogen and oxygen atoms in total. The monoisotopic (exact) mass is 363 g/mol. The van der Waals surface area contributed by atoms with E-state index in [1.54, 1.807) is 18.2 Å². The summed E-state index contributed by atoms with van der Waals surface area (Å²) in [6.07, 6.45) is 2.92. The van der Waals surface area contributed by atoms with Gasteiger partial charge in [-0.1, -0.05) is 41.4 Å². The number of nitrogens with one attached hydrogen (secondary N) is 3.